The number of H-pyrrole nitrogens is 1. The quantitative estimate of drug-likeness (QED) is 0.343. The minimum absolute atomic E-state index is 0.0290. The van der Waals surface area contributed by atoms with Crippen LogP contribution in [-0.2, 0) is 18.3 Å². The van der Waals surface area contributed by atoms with E-state index in [0.717, 1.165) is 5.56 Å². The molecule has 0 spiro atoms. The monoisotopic (exact) mass is 440 g/mol. The van der Waals surface area contributed by atoms with Gasteiger partial charge in [0.2, 0.25) is 5.95 Å². The minimum Gasteiger partial charge on any atom is -0.389 e. The molecule has 0 amide bonds. The van der Waals surface area contributed by atoms with E-state index in [1.165, 1.54) is 16.2 Å². The smallest absolute Gasteiger partial charge is 0.329 e. The Labute approximate surface area is 184 Å². The highest BCUT2D eigenvalue weighted by atomic mass is 16.5. The Balaban J connectivity index is 1.93. The summed E-state index contributed by atoms with van der Waals surface area (Å²) in [4.78, 5) is 31.2. The molecule has 0 aliphatic rings. The van der Waals surface area contributed by atoms with Crippen LogP contribution in [-0.4, -0.2) is 48.7 Å². The molecule has 3 aromatic rings. The number of hydrazone groups is 1. The Morgan fingerprint density at radius 3 is 2.72 bits per heavy atom. The first-order valence-corrected chi connectivity index (χ1v) is 10.3. The number of benzene rings is 1. The molecule has 10 nitrogen and oxygen atoms in total. The number of imidazole rings is 1. The van der Waals surface area contributed by atoms with Crippen LogP contribution in [0.4, 0.5) is 5.95 Å². The van der Waals surface area contributed by atoms with Gasteiger partial charge in [-0.3, -0.25) is 14.3 Å². The number of nitrogens with zero attached hydrogens (tertiary/aromatic N) is 4. The molecule has 170 valence electrons. The second-order valence-electron chi connectivity index (χ2n) is 7.68. The largest absolute Gasteiger partial charge is 0.389 e. The van der Waals surface area contributed by atoms with Gasteiger partial charge in [-0.1, -0.05) is 36.4 Å². The van der Waals surface area contributed by atoms with E-state index in [0.29, 0.717) is 5.71 Å². The molecule has 0 aliphatic carbocycles. The number of aryl methyl sites for hydroxylation is 1. The average molecular weight is 441 g/mol. The van der Waals surface area contributed by atoms with Crippen molar-refractivity contribution in [3.05, 3.63) is 62.8 Å². The summed E-state index contributed by atoms with van der Waals surface area (Å²) in [5, 5.41) is 14.7. The van der Waals surface area contributed by atoms with Gasteiger partial charge in [0.05, 0.1) is 31.1 Å². The highest BCUT2D eigenvalue weighted by Crippen LogP contribution is 2.16. The number of nitrogens with one attached hydrogen (secondary N) is 2. The van der Waals surface area contributed by atoms with Gasteiger partial charge in [0.25, 0.3) is 5.56 Å². The molecule has 0 fully saturated rings. The summed E-state index contributed by atoms with van der Waals surface area (Å²) in [5.41, 5.74) is 3.72. The number of aliphatic hydroxyl groups is 1. The molecule has 0 radical (unpaired) electrons. The van der Waals surface area contributed by atoms with Crippen LogP contribution in [0, 0.1) is 0 Å². The summed E-state index contributed by atoms with van der Waals surface area (Å²) in [7, 11) is 1.51. The number of allylic oxidation sites excluding steroid dienone is 1. The molecule has 0 unspecified atom stereocenters. The van der Waals surface area contributed by atoms with Crippen molar-refractivity contribution in [1.29, 1.82) is 0 Å². The van der Waals surface area contributed by atoms with Crippen molar-refractivity contribution in [3.8, 4) is 0 Å². The lowest BCUT2D eigenvalue weighted by Crippen LogP contribution is -2.30. The second kappa shape index (κ2) is 10.2. The summed E-state index contributed by atoms with van der Waals surface area (Å²) >= 11 is 0. The van der Waals surface area contributed by atoms with Crippen molar-refractivity contribution in [2.75, 3.05) is 12.0 Å². The van der Waals surface area contributed by atoms with Crippen molar-refractivity contribution in [2.45, 2.75) is 39.5 Å². The number of aromatic amines is 1. The zero-order chi connectivity index (χ0) is 23.3. The number of rotatable bonds is 9. The molecule has 2 heterocycles. The lowest BCUT2D eigenvalue weighted by atomic mass is 10.2. The maximum Gasteiger partial charge on any atom is 0.329 e. The topological polar surface area (TPSA) is 127 Å². The molecule has 2 aromatic heterocycles. The molecule has 0 bridgehead atoms. The maximum atomic E-state index is 12.5. The third-order valence-electron chi connectivity index (χ3n) is 4.67. The van der Waals surface area contributed by atoms with Crippen LogP contribution in [0.5, 0.6) is 0 Å². The molecule has 1 aromatic carbocycles. The molecule has 3 N–H and O–H groups in total. The van der Waals surface area contributed by atoms with Crippen molar-refractivity contribution in [2.24, 2.45) is 12.1 Å². The fourth-order valence-electron chi connectivity index (χ4n) is 3.02. The predicted octanol–water partition coefficient (Wildman–Crippen LogP) is 1.71. The third-order valence-corrected chi connectivity index (χ3v) is 4.67. The molecule has 0 saturated carbocycles. The number of ether oxygens (including phenoxy) is 1. The van der Waals surface area contributed by atoms with E-state index in [9.17, 15) is 14.7 Å². The van der Waals surface area contributed by atoms with Crippen molar-refractivity contribution >= 4 is 28.9 Å². The van der Waals surface area contributed by atoms with Gasteiger partial charge in [-0.25, -0.2) is 10.2 Å². The fourth-order valence-corrected chi connectivity index (χ4v) is 3.02. The molecule has 3 rings (SSSR count). The van der Waals surface area contributed by atoms with Crippen LogP contribution in [0.15, 0.2) is 51.1 Å². The van der Waals surface area contributed by atoms with Crippen LogP contribution in [0.1, 0.15) is 26.3 Å². The number of fused-ring (bicyclic) bond motifs is 1. The van der Waals surface area contributed by atoms with Gasteiger partial charge in [0.15, 0.2) is 11.2 Å². The Morgan fingerprint density at radius 1 is 1.31 bits per heavy atom. The lowest BCUT2D eigenvalue weighted by molar-refractivity contribution is -0.000105. The fraction of sp³-hybridized carbons (Fsp3) is 0.364. The highest BCUT2D eigenvalue weighted by molar-refractivity contribution is 5.96. The van der Waals surface area contributed by atoms with Gasteiger partial charge in [0.1, 0.15) is 0 Å². The van der Waals surface area contributed by atoms with Crippen LogP contribution in [0.2, 0.25) is 0 Å². The first-order valence-electron chi connectivity index (χ1n) is 10.3. The summed E-state index contributed by atoms with van der Waals surface area (Å²) in [6.45, 7) is 5.66. The Bertz CT molecular complexity index is 1240. The summed E-state index contributed by atoms with van der Waals surface area (Å²) < 4.78 is 8.20. The summed E-state index contributed by atoms with van der Waals surface area (Å²) in [6, 6.07) is 9.79. The van der Waals surface area contributed by atoms with E-state index in [-0.39, 0.29) is 36.4 Å². The number of aliphatic hydroxyl groups excluding tert-OH is 1. The van der Waals surface area contributed by atoms with Gasteiger partial charge >= 0.3 is 5.69 Å². The van der Waals surface area contributed by atoms with Crippen LogP contribution < -0.4 is 16.7 Å². The molecule has 0 aliphatic heterocycles. The highest BCUT2D eigenvalue weighted by Gasteiger charge is 2.19. The first kappa shape index (κ1) is 23.2. The van der Waals surface area contributed by atoms with Gasteiger partial charge in [0, 0.05) is 7.05 Å². The van der Waals surface area contributed by atoms with E-state index >= 15 is 0 Å². The predicted molar refractivity (Wildman–Crippen MR) is 125 cm³/mol. The van der Waals surface area contributed by atoms with E-state index in [1.54, 1.807) is 0 Å². The standard InChI is InChI=1S/C22H28N6O4/c1-14(2)32-13-17(29)12-28-18-19(27(4)22(31)24-20(18)30)23-21(28)26-25-15(3)10-11-16-8-6-5-7-9-16/h5-11,14,17,29H,12-13H2,1-4H3,(H,23,26)(H,24,30,31)/b11-10+,25-15-/t17-/m0/s1. The molecular weight excluding hydrogens is 412 g/mol. The number of hydrogen-bond donors (Lipinski definition) is 3. The molecule has 1 atom stereocenters. The second-order valence-corrected chi connectivity index (χ2v) is 7.68. The van der Waals surface area contributed by atoms with Crippen molar-refractivity contribution < 1.29 is 9.84 Å². The van der Waals surface area contributed by atoms with Gasteiger partial charge in [-0.15, -0.1) is 0 Å². The minimum atomic E-state index is -0.893. The number of aromatic nitrogens is 4. The normalized spacial score (nSPS) is 13.4. The van der Waals surface area contributed by atoms with Crippen molar-refractivity contribution in [1.82, 2.24) is 19.1 Å². The van der Waals surface area contributed by atoms with Gasteiger partial charge in [-0.05, 0) is 32.4 Å². The van der Waals surface area contributed by atoms with Crippen LogP contribution in [0.25, 0.3) is 17.2 Å². The van der Waals surface area contributed by atoms with Crippen LogP contribution in [0.3, 0.4) is 0 Å². The Kier molecular flexibility index (Phi) is 7.39. The van der Waals surface area contributed by atoms with E-state index in [4.69, 9.17) is 4.74 Å². The van der Waals surface area contributed by atoms with Gasteiger partial charge in [-0.2, -0.15) is 10.1 Å². The van der Waals surface area contributed by atoms with E-state index in [1.807, 2.05) is 63.3 Å². The Hall–Kier alpha value is -3.50. The first-order chi connectivity index (χ1) is 15.3. The summed E-state index contributed by atoms with van der Waals surface area (Å²) in [6.07, 6.45) is 2.82. The zero-order valence-electron chi connectivity index (χ0n) is 18.6. The lowest BCUT2D eigenvalue weighted by Gasteiger charge is -2.15. The Morgan fingerprint density at radius 2 is 2.03 bits per heavy atom. The SMILES string of the molecule is CC(/C=C/c1ccccc1)=N/Nc1nc2c(c(=O)[nH]c(=O)n2C)n1C[C@H](O)COC(C)C. The van der Waals surface area contributed by atoms with Crippen molar-refractivity contribution in [3.63, 3.8) is 0 Å². The molecule has 32 heavy (non-hydrogen) atoms. The maximum absolute atomic E-state index is 12.5. The average Bonchev–Trinajstić information content (AvgIpc) is 3.12. The van der Waals surface area contributed by atoms with Gasteiger partial charge < -0.3 is 14.4 Å². The van der Waals surface area contributed by atoms with Crippen LogP contribution >= 0.6 is 0 Å². The molecule has 0 saturated heterocycles. The zero-order valence-corrected chi connectivity index (χ0v) is 18.6. The summed E-state index contributed by atoms with van der Waals surface area (Å²) in [5.74, 6) is 0.225. The molecule has 10 heteroatoms. The number of anilines is 1. The number of hydrogen-bond acceptors (Lipinski definition) is 7. The van der Waals surface area contributed by atoms with E-state index in [2.05, 4.69) is 20.5 Å². The third kappa shape index (κ3) is 5.59. The van der Waals surface area contributed by atoms with E-state index < -0.39 is 17.4 Å². The molecular formula is C22H28N6O4.